The Morgan fingerprint density at radius 1 is 1.53 bits per heavy atom. The summed E-state index contributed by atoms with van der Waals surface area (Å²) in [7, 11) is 0. The minimum atomic E-state index is -0.392. The summed E-state index contributed by atoms with van der Waals surface area (Å²) in [5.41, 5.74) is -0.281. The van der Waals surface area contributed by atoms with Crippen molar-refractivity contribution >= 4 is 5.91 Å². The smallest absolute Gasteiger partial charge is 0.260 e. The molecule has 0 bridgehead atoms. The van der Waals surface area contributed by atoms with Crippen LogP contribution in [-0.4, -0.2) is 28.6 Å². The highest BCUT2D eigenvalue weighted by Gasteiger charge is 2.25. The van der Waals surface area contributed by atoms with Gasteiger partial charge in [0.1, 0.15) is 5.56 Å². The number of H-pyrrole nitrogens is 1. The Hall–Kier alpha value is -1.62. The van der Waals surface area contributed by atoms with Crippen LogP contribution in [0.1, 0.15) is 29.6 Å². The van der Waals surface area contributed by atoms with Crippen molar-refractivity contribution in [1.82, 2.24) is 10.3 Å². The molecule has 2 atom stereocenters. The third-order valence-electron chi connectivity index (χ3n) is 3.21. The van der Waals surface area contributed by atoms with Gasteiger partial charge in [0, 0.05) is 18.7 Å². The standard InChI is InChI=1S/C12H16N2O3/c15-10-5-1-3-8(10)7-14-12(17)9-4-2-6-13-11(9)16/h2,4,6,8,10,15H,1,3,5,7H2,(H,13,16)(H,14,17). The van der Waals surface area contributed by atoms with Gasteiger partial charge in [-0.2, -0.15) is 0 Å². The third kappa shape index (κ3) is 2.74. The van der Waals surface area contributed by atoms with Gasteiger partial charge in [0.2, 0.25) is 0 Å². The van der Waals surface area contributed by atoms with Crippen molar-refractivity contribution in [3.05, 3.63) is 34.2 Å². The number of aromatic amines is 1. The number of aliphatic hydroxyl groups is 1. The molecule has 1 fully saturated rings. The molecule has 0 saturated heterocycles. The molecule has 17 heavy (non-hydrogen) atoms. The average Bonchev–Trinajstić information content (AvgIpc) is 2.72. The molecular weight excluding hydrogens is 220 g/mol. The zero-order valence-electron chi connectivity index (χ0n) is 9.48. The van der Waals surface area contributed by atoms with Crippen molar-refractivity contribution in [2.24, 2.45) is 5.92 Å². The van der Waals surface area contributed by atoms with E-state index in [2.05, 4.69) is 10.3 Å². The normalized spacial score (nSPS) is 23.6. The highest BCUT2D eigenvalue weighted by Crippen LogP contribution is 2.24. The summed E-state index contributed by atoms with van der Waals surface area (Å²) >= 11 is 0. The van der Waals surface area contributed by atoms with Gasteiger partial charge in [-0.25, -0.2) is 0 Å². The molecule has 2 rings (SSSR count). The Morgan fingerprint density at radius 3 is 3.00 bits per heavy atom. The highest BCUT2D eigenvalue weighted by atomic mass is 16.3. The molecule has 1 aromatic rings. The van der Waals surface area contributed by atoms with E-state index >= 15 is 0 Å². The van der Waals surface area contributed by atoms with E-state index in [-0.39, 0.29) is 23.5 Å². The second kappa shape index (κ2) is 5.14. The van der Waals surface area contributed by atoms with Crippen LogP contribution in [0.3, 0.4) is 0 Å². The highest BCUT2D eigenvalue weighted by molar-refractivity contribution is 5.93. The number of carbonyl (C=O) groups is 1. The summed E-state index contributed by atoms with van der Waals surface area (Å²) in [5.74, 6) is -0.271. The SMILES string of the molecule is O=C(NCC1CCCC1O)c1ccc[nH]c1=O. The first-order valence-corrected chi connectivity index (χ1v) is 5.82. The van der Waals surface area contributed by atoms with Crippen molar-refractivity contribution in [2.75, 3.05) is 6.54 Å². The van der Waals surface area contributed by atoms with Crippen molar-refractivity contribution in [1.29, 1.82) is 0 Å². The Kier molecular flexibility index (Phi) is 3.58. The lowest BCUT2D eigenvalue weighted by molar-refractivity contribution is 0.0915. The Labute approximate surface area is 98.9 Å². The van der Waals surface area contributed by atoms with Gasteiger partial charge in [0.25, 0.3) is 11.5 Å². The van der Waals surface area contributed by atoms with Gasteiger partial charge in [0.05, 0.1) is 6.10 Å². The molecule has 1 heterocycles. The van der Waals surface area contributed by atoms with Crippen molar-refractivity contribution < 1.29 is 9.90 Å². The quantitative estimate of drug-likeness (QED) is 0.704. The molecule has 1 saturated carbocycles. The molecular formula is C12H16N2O3. The predicted octanol–water partition coefficient (Wildman–Crippen LogP) is 0.266. The molecule has 92 valence electrons. The number of aromatic nitrogens is 1. The van der Waals surface area contributed by atoms with E-state index in [4.69, 9.17) is 0 Å². The second-order valence-electron chi connectivity index (χ2n) is 4.38. The number of amides is 1. The molecule has 0 radical (unpaired) electrons. The van der Waals surface area contributed by atoms with E-state index in [1.54, 1.807) is 6.07 Å². The summed E-state index contributed by atoms with van der Waals surface area (Å²) in [4.78, 5) is 25.5. The van der Waals surface area contributed by atoms with Crippen LogP contribution in [0, 0.1) is 5.92 Å². The van der Waals surface area contributed by atoms with Gasteiger partial charge < -0.3 is 15.4 Å². The molecule has 1 aliphatic rings. The lowest BCUT2D eigenvalue weighted by Gasteiger charge is -2.14. The van der Waals surface area contributed by atoms with Gasteiger partial charge in [-0.05, 0) is 25.0 Å². The van der Waals surface area contributed by atoms with Crippen LogP contribution < -0.4 is 10.9 Å². The molecule has 2 unspecified atom stereocenters. The topological polar surface area (TPSA) is 82.2 Å². The lowest BCUT2D eigenvalue weighted by atomic mass is 10.1. The summed E-state index contributed by atoms with van der Waals surface area (Å²) in [6, 6.07) is 3.10. The molecule has 5 heteroatoms. The van der Waals surface area contributed by atoms with Crippen molar-refractivity contribution in [3.8, 4) is 0 Å². The van der Waals surface area contributed by atoms with Crippen LogP contribution in [-0.2, 0) is 0 Å². The lowest BCUT2D eigenvalue weighted by Crippen LogP contribution is -2.35. The first-order valence-electron chi connectivity index (χ1n) is 5.82. The predicted molar refractivity (Wildman–Crippen MR) is 62.7 cm³/mol. The molecule has 1 aliphatic carbocycles. The molecule has 1 amide bonds. The van der Waals surface area contributed by atoms with Crippen LogP contribution >= 0.6 is 0 Å². The van der Waals surface area contributed by atoms with E-state index in [1.807, 2.05) is 0 Å². The largest absolute Gasteiger partial charge is 0.393 e. The summed E-state index contributed by atoms with van der Waals surface area (Å²) in [6.07, 6.45) is 3.87. The second-order valence-corrected chi connectivity index (χ2v) is 4.38. The Balaban J connectivity index is 1.94. The number of hydrogen-bond donors (Lipinski definition) is 3. The number of nitrogens with one attached hydrogen (secondary N) is 2. The average molecular weight is 236 g/mol. The maximum atomic E-state index is 11.7. The molecule has 1 aromatic heterocycles. The Bertz CT molecular complexity index is 455. The zero-order chi connectivity index (χ0) is 12.3. The van der Waals surface area contributed by atoms with Crippen LogP contribution in [0.2, 0.25) is 0 Å². The van der Waals surface area contributed by atoms with Gasteiger partial charge in [-0.15, -0.1) is 0 Å². The maximum absolute atomic E-state index is 11.7. The van der Waals surface area contributed by atoms with Crippen molar-refractivity contribution in [2.45, 2.75) is 25.4 Å². The van der Waals surface area contributed by atoms with Crippen molar-refractivity contribution in [3.63, 3.8) is 0 Å². The third-order valence-corrected chi connectivity index (χ3v) is 3.21. The fraction of sp³-hybridized carbons (Fsp3) is 0.500. The molecule has 0 spiro atoms. The van der Waals surface area contributed by atoms with E-state index in [0.29, 0.717) is 6.54 Å². The maximum Gasteiger partial charge on any atom is 0.260 e. The van der Waals surface area contributed by atoms with Crippen LogP contribution in [0.15, 0.2) is 23.1 Å². The number of rotatable bonds is 3. The fourth-order valence-corrected chi connectivity index (χ4v) is 2.17. The van der Waals surface area contributed by atoms with Gasteiger partial charge in [-0.1, -0.05) is 6.42 Å². The fourth-order valence-electron chi connectivity index (χ4n) is 2.17. The minimum Gasteiger partial charge on any atom is -0.393 e. The number of hydrogen-bond acceptors (Lipinski definition) is 3. The first-order chi connectivity index (χ1) is 8.18. The number of aliphatic hydroxyl groups excluding tert-OH is 1. The molecule has 0 aliphatic heterocycles. The number of carbonyl (C=O) groups excluding carboxylic acids is 1. The van der Waals surface area contributed by atoms with E-state index in [9.17, 15) is 14.7 Å². The zero-order valence-corrected chi connectivity index (χ0v) is 9.48. The summed E-state index contributed by atoms with van der Waals surface area (Å²) < 4.78 is 0. The molecule has 3 N–H and O–H groups in total. The monoisotopic (exact) mass is 236 g/mol. The van der Waals surface area contributed by atoms with Gasteiger partial charge in [-0.3, -0.25) is 9.59 Å². The van der Waals surface area contributed by atoms with Crippen LogP contribution in [0.25, 0.3) is 0 Å². The van der Waals surface area contributed by atoms with E-state index in [0.717, 1.165) is 19.3 Å². The molecule has 0 aromatic carbocycles. The van der Waals surface area contributed by atoms with E-state index < -0.39 is 5.56 Å². The van der Waals surface area contributed by atoms with Gasteiger partial charge in [0.15, 0.2) is 0 Å². The molecule has 5 nitrogen and oxygen atoms in total. The Morgan fingerprint density at radius 2 is 2.35 bits per heavy atom. The minimum absolute atomic E-state index is 0.111. The summed E-state index contributed by atoms with van der Waals surface area (Å²) in [6.45, 7) is 0.425. The van der Waals surface area contributed by atoms with Crippen LogP contribution in [0.4, 0.5) is 0 Å². The van der Waals surface area contributed by atoms with Crippen LogP contribution in [0.5, 0.6) is 0 Å². The van der Waals surface area contributed by atoms with E-state index in [1.165, 1.54) is 12.3 Å². The number of pyridine rings is 1. The summed E-state index contributed by atoms with van der Waals surface area (Å²) in [5, 5.41) is 12.3. The van der Waals surface area contributed by atoms with Gasteiger partial charge >= 0.3 is 0 Å². The first kappa shape index (κ1) is 11.9.